The van der Waals surface area contributed by atoms with Gasteiger partial charge in [-0.3, -0.25) is 9.98 Å². The van der Waals surface area contributed by atoms with Crippen LogP contribution in [0.2, 0.25) is 0 Å². The van der Waals surface area contributed by atoms with Gasteiger partial charge < -0.3 is 10.2 Å². The minimum Gasteiger partial charge on any atom is -0.356 e. The number of thioether (sulfide) groups is 1. The zero-order valence-corrected chi connectivity index (χ0v) is 14.3. The Hall–Kier alpha value is -1.23. The molecule has 2 heterocycles. The monoisotopic (exact) mass is 306 g/mol. The van der Waals surface area contributed by atoms with Crippen LogP contribution in [0.3, 0.4) is 0 Å². The van der Waals surface area contributed by atoms with Gasteiger partial charge in [-0.2, -0.15) is 11.8 Å². The first kappa shape index (κ1) is 16.1. The van der Waals surface area contributed by atoms with E-state index < -0.39 is 0 Å². The van der Waals surface area contributed by atoms with E-state index in [0.717, 1.165) is 37.8 Å². The van der Waals surface area contributed by atoms with Crippen LogP contribution in [0, 0.1) is 6.92 Å². The molecule has 0 atom stereocenters. The topological polar surface area (TPSA) is 40.5 Å². The summed E-state index contributed by atoms with van der Waals surface area (Å²) in [6.45, 7) is 9.74. The highest BCUT2D eigenvalue weighted by Gasteiger charge is 2.28. The minimum absolute atomic E-state index is 0.303. The highest BCUT2D eigenvalue weighted by molar-refractivity contribution is 8.00. The first-order valence-electron chi connectivity index (χ1n) is 7.51. The first-order chi connectivity index (χ1) is 10.0. The fourth-order valence-corrected chi connectivity index (χ4v) is 3.73. The molecule has 1 fully saturated rings. The molecule has 1 saturated heterocycles. The molecule has 0 spiro atoms. The molecular weight excluding hydrogens is 280 g/mol. The molecule has 0 saturated carbocycles. The molecule has 116 valence electrons. The van der Waals surface area contributed by atoms with Crippen molar-refractivity contribution >= 4 is 17.7 Å². The summed E-state index contributed by atoms with van der Waals surface area (Å²) >= 11 is 2.04. The summed E-state index contributed by atoms with van der Waals surface area (Å²) in [7, 11) is 1.87. The Morgan fingerprint density at radius 1 is 1.52 bits per heavy atom. The third kappa shape index (κ3) is 4.63. The molecule has 0 aliphatic carbocycles. The molecule has 21 heavy (non-hydrogen) atoms. The van der Waals surface area contributed by atoms with Gasteiger partial charge in [0.2, 0.25) is 0 Å². The van der Waals surface area contributed by atoms with Gasteiger partial charge >= 0.3 is 0 Å². The van der Waals surface area contributed by atoms with E-state index in [2.05, 4.69) is 47.0 Å². The second-order valence-corrected chi connectivity index (χ2v) is 7.86. The highest BCUT2D eigenvalue weighted by atomic mass is 32.2. The molecule has 1 N–H and O–H groups in total. The van der Waals surface area contributed by atoms with Gasteiger partial charge in [0, 0.05) is 49.6 Å². The van der Waals surface area contributed by atoms with Gasteiger partial charge in [0.1, 0.15) is 0 Å². The van der Waals surface area contributed by atoms with Crippen LogP contribution in [0.4, 0.5) is 0 Å². The molecule has 0 unspecified atom stereocenters. The zero-order chi connectivity index (χ0) is 15.3. The Morgan fingerprint density at radius 3 is 3.00 bits per heavy atom. The van der Waals surface area contributed by atoms with E-state index in [1.165, 1.54) is 11.1 Å². The Morgan fingerprint density at radius 2 is 2.33 bits per heavy atom. The normalized spacial score (nSPS) is 18.7. The van der Waals surface area contributed by atoms with Gasteiger partial charge in [0.05, 0.1) is 0 Å². The number of nitrogens with zero attached hydrogens (tertiary/aromatic N) is 3. The van der Waals surface area contributed by atoms with Crippen LogP contribution >= 0.6 is 11.8 Å². The molecule has 5 heteroatoms. The summed E-state index contributed by atoms with van der Waals surface area (Å²) in [5.41, 5.74) is 2.60. The van der Waals surface area contributed by atoms with Gasteiger partial charge in [-0.15, -0.1) is 0 Å². The number of aliphatic imine (C=N–C) groups is 1. The quantitative estimate of drug-likeness (QED) is 0.687. The SMILES string of the molecule is CN=C(NCCc1ccncc1C)N1CCSC(C)(C)C1. The van der Waals surface area contributed by atoms with Crippen molar-refractivity contribution in [3.8, 4) is 0 Å². The van der Waals surface area contributed by atoms with E-state index in [-0.39, 0.29) is 0 Å². The van der Waals surface area contributed by atoms with Crippen molar-refractivity contribution in [1.29, 1.82) is 0 Å². The largest absolute Gasteiger partial charge is 0.356 e. The minimum atomic E-state index is 0.303. The Labute approximate surface area is 132 Å². The molecule has 1 aromatic rings. The lowest BCUT2D eigenvalue weighted by Crippen LogP contribution is -2.51. The van der Waals surface area contributed by atoms with Gasteiger partial charge in [0.15, 0.2) is 5.96 Å². The number of guanidine groups is 1. The third-order valence-corrected chi connectivity index (χ3v) is 5.05. The number of rotatable bonds is 3. The van der Waals surface area contributed by atoms with Gasteiger partial charge in [-0.1, -0.05) is 0 Å². The molecule has 1 aromatic heterocycles. The number of aryl methyl sites for hydroxylation is 1. The van der Waals surface area contributed by atoms with E-state index in [4.69, 9.17) is 0 Å². The lowest BCUT2D eigenvalue weighted by Gasteiger charge is -2.39. The summed E-state index contributed by atoms with van der Waals surface area (Å²) in [5, 5.41) is 3.50. The van der Waals surface area contributed by atoms with Crippen molar-refractivity contribution in [2.75, 3.05) is 32.4 Å². The first-order valence-corrected chi connectivity index (χ1v) is 8.49. The molecule has 2 rings (SSSR count). The Balaban J connectivity index is 1.87. The standard InChI is InChI=1S/C16H26N4S/c1-13-11-18-7-5-14(13)6-8-19-15(17-4)20-9-10-21-16(2,3)12-20/h5,7,11H,6,8-10,12H2,1-4H3,(H,17,19). The van der Waals surface area contributed by atoms with Crippen LogP contribution in [-0.2, 0) is 6.42 Å². The average molecular weight is 306 g/mol. The summed E-state index contributed by atoms with van der Waals surface area (Å²) in [4.78, 5) is 11.0. The van der Waals surface area contributed by atoms with Crippen LogP contribution < -0.4 is 5.32 Å². The van der Waals surface area contributed by atoms with E-state index in [1.807, 2.05) is 31.2 Å². The van der Waals surface area contributed by atoms with Crippen LogP contribution in [-0.4, -0.2) is 53.0 Å². The number of pyridine rings is 1. The van der Waals surface area contributed by atoms with E-state index in [9.17, 15) is 0 Å². The number of nitrogens with one attached hydrogen (secondary N) is 1. The summed E-state index contributed by atoms with van der Waals surface area (Å²) in [5.74, 6) is 2.19. The maximum Gasteiger partial charge on any atom is 0.193 e. The lowest BCUT2D eigenvalue weighted by molar-refractivity contribution is 0.376. The van der Waals surface area contributed by atoms with Crippen molar-refractivity contribution in [1.82, 2.24) is 15.2 Å². The summed E-state index contributed by atoms with van der Waals surface area (Å²) in [6.07, 6.45) is 4.79. The zero-order valence-electron chi connectivity index (χ0n) is 13.5. The van der Waals surface area contributed by atoms with Crippen molar-refractivity contribution in [3.05, 3.63) is 29.6 Å². The van der Waals surface area contributed by atoms with Gasteiger partial charge in [-0.05, 0) is 44.4 Å². The maximum atomic E-state index is 4.44. The molecule has 0 amide bonds. The predicted octanol–water partition coefficient (Wildman–Crippen LogP) is 2.34. The smallest absolute Gasteiger partial charge is 0.193 e. The highest BCUT2D eigenvalue weighted by Crippen LogP contribution is 2.29. The Bertz CT molecular complexity index is 499. The van der Waals surface area contributed by atoms with Gasteiger partial charge in [-0.25, -0.2) is 0 Å². The number of hydrogen-bond donors (Lipinski definition) is 1. The number of aromatic nitrogens is 1. The lowest BCUT2D eigenvalue weighted by atomic mass is 10.1. The van der Waals surface area contributed by atoms with Crippen LogP contribution in [0.5, 0.6) is 0 Å². The fourth-order valence-electron chi connectivity index (χ4n) is 2.62. The van der Waals surface area contributed by atoms with E-state index >= 15 is 0 Å². The molecule has 4 nitrogen and oxygen atoms in total. The summed E-state index contributed by atoms with van der Waals surface area (Å²) < 4.78 is 0.303. The fraction of sp³-hybridized carbons (Fsp3) is 0.625. The van der Waals surface area contributed by atoms with Crippen molar-refractivity contribution in [3.63, 3.8) is 0 Å². The third-order valence-electron chi connectivity index (χ3n) is 3.75. The van der Waals surface area contributed by atoms with Crippen LogP contribution in [0.1, 0.15) is 25.0 Å². The Kier molecular flexibility index (Phi) is 5.51. The van der Waals surface area contributed by atoms with Crippen molar-refractivity contribution in [2.24, 2.45) is 4.99 Å². The molecule has 1 aliphatic heterocycles. The maximum absolute atomic E-state index is 4.44. The second-order valence-electron chi connectivity index (χ2n) is 6.06. The number of hydrogen-bond acceptors (Lipinski definition) is 3. The molecule has 1 aliphatic rings. The average Bonchev–Trinajstić information content (AvgIpc) is 2.44. The van der Waals surface area contributed by atoms with Crippen LogP contribution in [0.15, 0.2) is 23.5 Å². The van der Waals surface area contributed by atoms with Crippen molar-refractivity contribution in [2.45, 2.75) is 31.9 Å². The summed E-state index contributed by atoms with van der Waals surface area (Å²) in [6, 6.07) is 2.10. The van der Waals surface area contributed by atoms with Crippen molar-refractivity contribution < 1.29 is 0 Å². The second kappa shape index (κ2) is 7.16. The van der Waals surface area contributed by atoms with Gasteiger partial charge in [0.25, 0.3) is 0 Å². The van der Waals surface area contributed by atoms with E-state index in [0.29, 0.717) is 4.75 Å². The molecule has 0 bridgehead atoms. The van der Waals surface area contributed by atoms with E-state index in [1.54, 1.807) is 0 Å². The predicted molar refractivity (Wildman–Crippen MR) is 92.1 cm³/mol. The molecular formula is C16H26N4S. The van der Waals surface area contributed by atoms with Crippen LogP contribution in [0.25, 0.3) is 0 Å². The molecule has 0 aromatic carbocycles. The molecule has 0 radical (unpaired) electrons.